The smallest absolute Gasteiger partial charge is 0.0494 e. The lowest BCUT2D eigenvalue weighted by Crippen LogP contribution is -2.17. The van der Waals surface area contributed by atoms with Crippen LogP contribution >= 0.6 is 11.3 Å². The highest BCUT2D eigenvalue weighted by molar-refractivity contribution is 7.25. The molecule has 42 heavy (non-hydrogen) atoms. The van der Waals surface area contributed by atoms with E-state index in [1.807, 2.05) is 11.3 Å². The topological polar surface area (TPSA) is 3.24 Å². The zero-order valence-corrected chi connectivity index (χ0v) is 23.9. The van der Waals surface area contributed by atoms with Crippen LogP contribution in [0.3, 0.4) is 0 Å². The molecular formula is C40H27NS. The SMILES string of the molecule is C1=Cc2cc3sc4ccccc4c3cc2N(Cc2ccccc2)c2ccc(-c3cccc4c3Cc3ccccc3-4)cc21. The van der Waals surface area contributed by atoms with Crippen molar-refractivity contribution in [3.8, 4) is 22.3 Å². The summed E-state index contributed by atoms with van der Waals surface area (Å²) in [5.74, 6) is 0. The molecule has 0 saturated heterocycles. The molecule has 0 bridgehead atoms. The van der Waals surface area contributed by atoms with Gasteiger partial charge >= 0.3 is 0 Å². The number of fused-ring (bicyclic) bond motifs is 8. The van der Waals surface area contributed by atoms with Crippen LogP contribution < -0.4 is 4.90 Å². The third-order valence-corrected chi connectivity index (χ3v) is 10.1. The maximum atomic E-state index is 2.51. The van der Waals surface area contributed by atoms with Crippen LogP contribution in [-0.2, 0) is 13.0 Å². The summed E-state index contributed by atoms with van der Waals surface area (Å²) in [6.45, 7) is 0.811. The van der Waals surface area contributed by atoms with Gasteiger partial charge in [-0.1, -0.05) is 109 Å². The lowest BCUT2D eigenvalue weighted by atomic mass is 9.94. The van der Waals surface area contributed by atoms with Crippen LogP contribution in [0.5, 0.6) is 0 Å². The monoisotopic (exact) mass is 553 g/mol. The lowest BCUT2D eigenvalue weighted by Gasteiger charge is -2.28. The van der Waals surface area contributed by atoms with E-state index in [1.54, 1.807) is 0 Å². The molecule has 2 heteroatoms. The fraction of sp³-hybridized carbons (Fsp3) is 0.0500. The average Bonchev–Trinajstić information content (AvgIpc) is 3.56. The Kier molecular flexibility index (Phi) is 5.26. The Morgan fingerprint density at radius 1 is 0.548 bits per heavy atom. The minimum absolute atomic E-state index is 0.811. The van der Waals surface area contributed by atoms with Crippen molar-refractivity contribution in [3.63, 3.8) is 0 Å². The molecule has 0 N–H and O–H groups in total. The maximum absolute atomic E-state index is 2.51. The third kappa shape index (κ3) is 3.69. The zero-order chi connectivity index (χ0) is 27.6. The second-order valence-corrected chi connectivity index (χ2v) is 12.4. The highest BCUT2D eigenvalue weighted by Crippen LogP contribution is 2.46. The fourth-order valence-electron chi connectivity index (χ4n) is 6.92. The third-order valence-electron chi connectivity index (χ3n) is 8.92. The minimum atomic E-state index is 0.811. The molecule has 0 atom stereocenters. The standard InChI is InChI=1S/C40H27NS/c1-2-9-26(10-3-1)25-41-37-20-19-28(32-14-8-15-33-31-12-5-4-11-27(31)22-35(32)33)21-29(37)17-18-30-23-40-36(24-38(30)41)34-13-6-7-16-39(34)42-40/h1-21,23-24H,22,25H2. The predicted octanol–water partition coefficient (Wildman–Crippen LogP) is 11.1. The highest BCUT2D eigenvalue weighted by Gasteiger charge is 2.24. The van der Waals surface area contributed by atoms with Crippen LogP contribution in [0.4, 0.5) is 11.4 Å². The molecule has 1 aliphatic heterocycles. The first-order valence-corrected chi connectivity index (χ1v) is 15.4. The normalized spacial score (nSPS) is 13.1. The Morgan fingerprint density at radius 2 is 1.31 bits per heavy atom. The van der Waals surface area contributed by atoms with Crippen molar-refractivity contribution in [1.29, 1.82) is 0 Å². The summed E-state index contributed by atoms with van der Waals surface area (Å²) >= 11 is 1.88. The number of anilines is 2. The summed E-state index contributed by atoms with van der Waals surface area (Å²) in [6, 6.07) is 47.1. The van der Waals surface area contributed by atoms with E-state index in [-0.39, 0.29) is 0 Å². The van der Waals surface area contributed by atoms with Crippen LogP contribution in [0.1, 0.15) is 27.8 Å². The first kappa shape index (κ1) is 23.8. The molecule has 0 spiro atoms. The molecule has 6 aromatic carbocycles. The summed E-state index contributed by atoms with van der Waals surface area (Å²) < 4.78 is 2.68. The van der Waals surface area contributed by atoms with Gasteiger partial charge in [0.15, 0.2) is 0 Å². The molecule has 2 aliphatic rings. The summed E-state index contributed by atoms with van der Waals surface area (Å²) in [5, 5.41) is 2.67. The quantitative estimate of drug-likeness (QED) is 0.210. The molecule has 198 valence electrons. The van der Waals surface area contributed by atoms with Crippen molar-refractivity contribution >= 4 is 55.0 Å². The van der Waals surface area contributed by atoms with E-state index in [4.69, 9.17) is 0 Å². The van der Waals surface area contributed by atoms with Gasteiger partial charge in [-0.3, -0.25) is 0 Å². The van der Waals surface area contributed by atoms with Crippen LogP contribution in [0.2, 0.25) is 0 Å². The van der Waals surface area contributed by atoms with Crippen molar-refractivity contribution < 1.29 is 0 Å². The first-order chi connectivity index (χ1) is 20.8. The van der Waals surface area contributed by atoms with E-state index < -0.39 is 0 Å². The zero-order valence-electron chi connectivity index (χ0n) is 23.0. The van der Waals surface area contributed by atoms with Crippen molar-refractivity contribution in [2.75, 3.05) is 4.90 Å². The van der Waals surface area contributed by atoms with E-state index in [0.717, 1.165) is 13.0 Å². The Morgan fingerprint density at radius 3 is 2.24 bits per heavy atom. The predicted molar refractivity (Wildman–Crippen MR) is 181 cm³/mol. The Bertz CT molecular complexity index is 2200. The maximum Gasteiger partial charge on any atom is 0.0494 e. The summed E-state index contributed by atoms with van der Waals surface area (Å²) in [4.78, 5) is 2.51. The summed E-state index contributed by atoms with van der Waals surface area (Å²) in [6.07, 6.45) is 5.63. The van der Waals surface area contributed by atoms with Crippen LogP contribution in [0.25, 0.3) is 54.6 Å². The van der Waals surface area contributed by atoms with Gasteiger partial charge in [-0.05, 0) is 86.8 Å². The minimum Gasteiger partial charge on any atom is -0.336 e. The van der Waals surface area contributed by atoms with Gasteiger partial charge in [0.1, 0.15) is 0 Å². The van der Waals surface area contributed by atoms with Gasteiger partial charge in [-0.2, -0.15) is 0 Å². The lowest BCUT2D eigenvalue weighted by molar-refractivity contribution is 0.975. The van der Waals surface area contributed by atoms with Gasteiger partial charge in [0.05, 0.1) is 0 Å². The molecule has 0 saturated carbocycles. The molecule has 1 nitrogen and oxygen atoms in total. The Balaban J connectivity index is 1.21. The number of hydrogen-bond acceptors (Lipinski definition) is 2. The molecule has 1 aromatic heterocycles. The molecule has 0 amide bonds. The Labute approximate surface area is 249 Å². The molecule has 9 rings (SSSR count). The first-order valence-electron chi connectivity index (χ1n) is 14.6. The van der Waals surface area contributed by atoms with Crippen molar-refractivity contribution in [2.45, 2.75) is 13.0 Å². The highest BCUT2D eigenvalue weighted by atomic mass is 32.1. The van der Waals surface area contributed by atoms with Crippen LogP contribution in [0.15, 0.2) is 127 Å². The second-order valence-electron chi connectivity index (χ2n) is 11.3. The van der Waals surface area contributed by atoms with E-state index >= 15 is 0 Å². The van der Waals surface area contributed by atoms with E-state index in [0.29, 0.717) is 0 Å². The largest absolute Gasteiger partial charge is 0.336 e. The van der Waals surface area contributed by atoms with Gasteiger partial charge in [-0.25, -0.2) is 0 Å². The summed E-state index contributed by atoms with van der Waals surface area (Å²) in [7, 11) is 0. The fourth-order valence-corrected chi connectivity index (χ4v) is 8.05. The number of rotatable bonds is 3. The van der Waals surface area contributed by atoms with Crippen LogP contribution in [0, 0.1) is 0 Å². The molecule has 0 radical (unpaired) electrons. The van der Waals surface area contributed by atoms with E-state index in [2.05, 4.69) is 144 Å². The molecular weight excluding hydrogens is 527 g/mol. The number of nitrogens with zero attached hydrogens (tertiary/aromatic N) is 1. The number of thiophene rings is 1. The van der Waals surface area contributed by atoms with Gasteiger partial charge in [0, 0.05) is 38.1 Å². The second kappa shape index (κ2) is 9.30. The van der Waals surface area contributed by atoms with Crippen molar-refractivity contribution in [2.24, 2.45) is 0 Å². The van der Waals surface area contributed by atoms with Gasteiger partial charge in [0.2, 0.25) is 0 Å². The molecule has 2 heterocycles. The van der Waals surface area contributed by atoms with E-state index in [1.165, 1.54) is 81.6 Å². The summed E-state index contributed by atoms with van der Waals surface area (Å²) in [5.41, 5.74) is 14.5. The van der Waals surface area contributed by atoms with Gasteiger partial charge in [-0.15, -0.1) is 11.3 Å². The molecule has 0 unspecified atom stereocenters. The Hall–Kier alpha value is -4.92. The number of hydrogen-bond donors (Lipinski definition) is 0. The van der Waals surface area contributed by atoms with E-state index in [9.17, 15) is 0 Å². The van der Waals surface area contributed by atoms with Gasteiger partial charge in [0.25, 0.3) is 0 Å². The molecule has 1 aliphatic carbocycles. The van der Waals surface area contributed by atoms with Crippen molar-refractivity contribution in [3.05, 3.63) is 155 Å². The van der Waals surface area contributed by atoms with Crippen LogP contribution in [-0.4, -0.2) is 0 Å². The average molecular weight is 554 g/mol. The number of benzene rings is 6. The molecule has 0 fully saturated rings. The molecule has 7 aromatic rings. The van der Waals surface area contributed by atoms with Crippen molar-refractivity contribution in [1.82, 2.24) is 0 Å². The van der Waals surface area contributed by atoms with Gasteiger partial charge < -0.3 is 4.90 Å².